The molecule has 13 heteroatoms. The molecule has 1 N–H and O–H groups in total. The van der Waals surface area contributed by atoms with Gasteiger partial charge < -0.3 is 10.1 Å². The highest BCUT2D eigenvalue weighted by Gasteiger charge is 2.44. The summed E-state index contributed by atoms with van der Waals surface area (Å²) < 4.78 is 61.8. The number of esters is 1. The number of amides is 1. The van der Waals surface area contributed by atoms with E-state index in [2.05, 4.69) is 5.32 Å². The van der Waals surface area contributed by atoms with Gasteiger partial charge in [0.05, 0.1) is 22.0 Å². The van der Waals surface area contributed by atoms with Gasteiger partial charge in [0.25, 0.3) is 0 Å². The molecule has 5 rings (SSSR count). The molecule has 218 valence electrons. The van der Waals surface area contributed by atoms with Gasteiger partial charge in [0.2, 0.25) is 26.0 Å². The number of benzene rings is 2. The average Bonchev–Trinajstić information content (AvgIpc) is 3.35. The van der Waals surface area contributed by atoms with Crippen LogP contribution in [-0.2, 0) is 42.4 Å². The number of nitrogens with zero attached hydrogens (tertiary/aromatic N) is 2. The number of carbonyl (C=O) groups is 2. The summed E-state index contributed by atoms with van der Waals surface area (Å²) in [6.07, 6.45) is 3.31. The number of fused-ring (bicyclic) bond motifs is 1. The Balaban J connectivity index is 1.52. The van der Waals surface area contributed by atoms with Gasteiger partial charge >= 0.3 is 5.97 Å². The maximum absolute atomic E-state index is 13.9. The van der Waals surface area contributed by atoms with E-state index in [1.165, 1.54) is 35.6 Å². The van der Waals surface area contributed by atoms with Gasteiger partial charge in [-0.2, -0.15) is 8.61 Å². The van der Waals surface area contributed by atoms with E-state index in [0.29, 0.717) is 17.0 Å². The lowest BCUT2D eigenvalue weighted by atomic mass is 9.95. The quantitative estimate of drug-likeness (QED) is 0.383. The van der Waals surface area contributed by atoms with Gasteiger partial charge in [0.1, 0.15) is 11.0 Å². The summed E-state index contributed by atoms with van der Waals surface area (Å²) in [5, 5.41) is 3.09. The van der Waals surface area contributed by atoms with Crippen molar-refractivity contribution in [2.75, 3.05) is 31.6 Å². The Labute approximate surface area is 244 Å². The molecule has 1 aliphatic carbocycles. The third-order valence-electron chi connectivity index (χ3n) is 7.22. The van der Waals surface area contributed by atoms with Gasteiger partial charge in [-0.05, 0) is 62.4 Å². The molecule has 1 aromatic heterocycles. The standard InChI is InChI=1S/C28H31N3O7S3/c1-2-38-28(33)25-22-15-9-10-16-24(22)39-27(25)29-26(32)23-19-30(40(34,35)20-11-5-3-6-12-20)17-18-31(23)41(36,37)21-13-7-4-8-14-21/h3-8,11-14,23H,2,9-10,15-19H2,1H3,(H,29,32)/t23-/m1/s1. The highest BCUT2D eigenvalue weighted by atomic mass is 32.2. The van der Waals surface area contributed by atoms with Crippen LogP contribution < -0.4 is 5.32 Å². The zero-order valence-corrected chi connectivity index (χ0v) is 24.9. The molecule has 0 radical (unpaired) electrons. The Morgan fingerprint density at radius 2 is 1.51 bits per heavy atom. The monoisotopic (exact) mass is 617 g/mol. The maximum atomic E-state index is 13.9. The highest BCUT2D eigenvalue weighted by Crippen LogP contribution is 2.39. The van der Waals surface area contributed by atoms with E-state index in [4.69, 9.17) is 4.74 Å². The maximum Gasteiger partial charge on any atom is 0.341 e. The molecule has 1 amide bonds. The van der Waals surface area contributed by atoms with Gasteiger partial charge in [-0.3, -0.25) is 4.79 Å². The van der Waals surface area contributed by atoms with E-state index in [9.17, 15) is 26.4 Å². The minimum absolute atomic E-state index is 0.00373. The molecule has 0 saturated carbocycles. The second kappa shape index (κ2) is 12.0. The Hall–Kier alpha value is -3.10. The molecule has 1 fully saturated rings. The summed E-state index contributed by atoms with van der Waals surface area (Å²) in [5.74, 6) is -1.27. The average molecular weight is 618 g/mol. The number of nitrogens with one attached hydrogen (secondary N) is 1. The molecule has 1 saturated heterocycles. The van der Waals surface area contributed by atoms with Crippen molar-refractivity contribution in [3.05, 3.63) is 76.7 Å². The molecule has 0 spiro atoms. The predicted molar refractivity (Wildman–Crippen MR) is 155 cm³/mol. The van der Waals surface area contributed by atoms with Crippen LogP contribution >= 0.6 is 11.3 Å². The van der Waals surface area contributed by atoms with Crippen molar-refractivity contribution in [3.8, 4) is 0 Å². The first-order chi connectivity index (χ1) is 19.6. The first-order valence-corrected chi connectivity index (χ1v) is 17.1. The van der Waals surface area contributed by atoms with Crippen LogP contribution in [0.5, 0.6) is 0 Å². The number of hydrogen-bond donors (Lipinski definition) is 1. The summed E-state index contributed by atoms with van der Waals surface area (Å²) >= 11 is 1.28. The van der Waals surface area contributed by atoms with E-state index < -0.39 is 44.5 Å². The number of carbonyl (C=O) groups excluding carboxylic acids is 2. The molecule has 2 heterocycles. The zero-order valence-electron chi connectivity index (χ0n) is 22.5. The summed E-state index contributed by atoms with van der Waals surface area (Å²) in [6.45, 7) is 1.11. The van der Waals surface area contributed by atoms with Crippen molar-refractivity contribution < 1.29 is 31.2 Å². The number of piperazine rings is 1. The zero-order chi connectivity index (χ0) is 29.2. The van der Waals surface area contributed by atoms with Crippen molar-refractivity contribution in [1.82, 2.24) is 8.61 Å². The number of sulfonamides is 2. The SMILES string of the molecule is CCOC(=O)c1c(NC(=O)[C@H]2CN(S(=O)(=O)c3ccccc3)CCN2S(=O)(=O)c2ccccc2)sc2c1CCCC2. The molecule has 1 aliphatic heterocycles. The number of thiophene rings is 1. The van der Waals surface area contributed by atoms with Crippen LogP contribution in [0.3, 0.4) is 0 Å². The van der Waals surface area contributed by atoms with E-state index in [0.717, 1.165) is 38.3 Å². The molecular formula is C28H31N3O7S3. The van der Waals surface area contributed by atoms with Crippen molar-refractivity contribution in [3.63, 3.8) is 0 Å². The molecule has 2 aromatic carbocycles. The van der Waals surface area contributed by atoms with Crippen molar-refractivity contribution in [2.45, 2.75) is 48.4 Å². The second-order valence-corrected chi connectivity index (χ2v) is 14.7. The first-order valence-electron chi connectivity index (χ1n) is 13.4. The van der Waals surface area contributed by atoms with Crippen LogP contribution in [0.2, 0.25) is 0 Å². The van der Waals surface area contributed by atoms with Gasteiger partial charge in [-0.1, -0.05) is 36.4 Å². The Morgan fingerprint density at radius 1 is 0.902 bits per heavy atom. The molecular weight excluding hydrogens is 587 g/mol. The van der Waals surface area contributed by atoms with E-state index in [1.807, 2.05) is 0 Å². The van der Waals surface area contributed by atoms with Crippen LogP contribution in [0, 0.1) is 0 Å². The Morgan fingerprint density at radius 3 is 2.15 bits per heavy atom. The number of hydrogen-bond acceptors (Lipinski definition) is 8. The van der Waals surface area contributed by atoms with Crippen LogP contribution in [0.4, 0.5) is 5.00 Å². The summed E-state index contributed by atoms with van der Waals surface area (Å²) in [5.41, 5.74) is 1.14. The highest BCUT2D eigenvalue weighted by molar-refractivity contribution is 7.89. The number of aryl methyl sites for hydroxylation is 1. The fraction of sp³-hybridized carbons (Fsp3) is 0.357. The van der Waals surface area contributed by atoms with E-state index >= 15 is 0 Å². The molecule has 0 bridgehead atoms. The lowest BCUT2D eigenvalue weighted by Gasteiger charge is -2.38. The molecule has 1 atom stereocenters. The largest absolute Gasteiger partial charge is 0.462 e. The number of rotatable bonds is 8. The summed E-state index contributed by atoms with van der Waals surface area (Å²) in [4.78, 5) is 27.9. The molecule has 3 aromatic rings. The van der Waals surface area contributed by atoms with Gasteiger partial charge in [0.15, 0.2) is 0 Å². The topological polar surface area (TPSA) is 130 Å². The van der Waals surface area contributed by atoms with Gasteiger partial charge in [-0.15, -0.1) is 11.3 Å². The van der Waals surface area contributed by atoms with Crippen LogP contribution in [0.25, 0.3) is 0 Å². The van der Waals surface area contributed by atoms with Crippen molar-refractivity contribution >= 4 is 48.3 Å². The van der Waals surface area contributed by atoms with Crippen molar-refractivity contribution in [1.29, 1.82) is 0 Å². The smallest absolute Gasteiger partial charge is 0.341 e. The van der Waals surface area contributed by atoms with Gasteiger partial charge in [-0.25, -0.2) is 21.6 Å². The predicted octanol–water partition coefficient (Wildman–Crippen LogP) is 3.51. The normalized spacial score (nSPS) is 18.4. The molecule has 2 aliphatic rings. The third kappa shape index (κ3) is 5.82. The van der Waals surface area contributed by atoms with E-state index in [-0.39, 0.29) is 29.5 Å². The van der Waals surface area contributed by atoms with Crippen LogP contribution in [0.15, 0.2) is 70.5 Å². The van der Waals surface area contributed by atoms with Crippen LogP contribution in [0.1, 0.15) is 40.6 Å². The van der Waals surface area contributed by atoms with Crippen molar-refractivity contribution in [2.24, 2.45) is 0 Å². The second-order valence-electron chi connectivity index (χ2n) is 9.75. The molecule has 41 heavy (non-hydrogen) atoms. The van der Waals surface area contributed by atoms with Gasteiger partial charge in [0, 0.05) is 24.5 Å². The summed E-state index contributed by atoms with van der Waals surface area (Å²) in [6, 6.07) is 14.1. The number of ether oxygens (including phenoxy) is 1. The minimum atomic E-state index is -4.16. The first kappa shape index (κ1) is 29.4. The fourth-order valence-corrected chi connectivity index (χ4v) is 9.53. The molecule has 10 nitrogen and oxygen atoms in total. The summed E-state index contributed by atoms with van der Waals surface area (Å²) in [7, 11) is -8.16. The van der Waals surface area contributed by atoms with Crippen LogP contribution in [-0.4, -0.2) is 69.6 Å². The Bertz CT molecular complexity index is 1640. The molecule has 0 unspecified atom stereocenters. The number of anilines is 1. The minimum Gasteiger partial charge on any atom is -0.462 e. The fourth-order valence-electron chi connectivity index (χ4n) is 5.20. The van der Waals surface area contributed by atoms with E-state index in [1.54, 1.807) is 43.3 Å². The third-order valence-corrected chi connectivity index (χ3v) is 12.2. The lowest BCUT2D eigenvalue weighted by Crippen LogP contribution is -2.60. The lowest BCUT2D eigenvalue weighted by molar-refractivity contribution is -0.120. The Kier molecular flexibility index (Phi) is 8.62.